The number of hydrogen-bond acceptors (Lipinski definition) is 4. The lowest BCUT2D eigenvalue weighted by Gasteiger charge is -2.18. The zero-order valence-electron chi connectivity index (χ0n) is 9.89. The molecule has 0 bridgehead atoms. The number of benzene rings is 1. The molecule has 5 nitrogen and oxygen atoms in total. The third-order valence-corrected chi connectivity index (χ3v) is 2.93. The van der Waals surface area contributed by atoms with Crippen LogP contribution in [0.2, 0.25) is 0 Å². The molecule has 1 heterocycles. The van der Waals surface area contributed by atoms with Gasteiger partial charge >= 0.3 is 0 Å². The number of amidine groups is 1. The summed E-state index contributed by atoms with van der Waals surface area (Å²) in [5.74, 6) is 0.231. The van der Waals surface area contributed by atoms with Crippen LogP contribution in [0.4, 0.5) is 5.69 Å². The van der Waals surface area contributed by atoms with Gasteiger partial charge in [0, 0.05) is 19.3 Å². The molecular weight excluding hydrogens is 218 g/mol. The van der Waals surface area contributed by atoms with E-state index < -0.39 is 0 Å². The molecule has 0 spiro atoms. The van der Waals surface area contributed by atoms with Crippen molar-refractivity contribution in [3.63, 3.8) is 0 Å². The number of ether oxygens (including phenoxy) is 1. The maximum absolute atomic E-state index is 8.60. The zero-order chi connectivity index (χ0) is 12.3. The minimum absolute atomic E-state index is 0.231. The van der Waals surface area contributed by atoms with Crippen molar-refractivity contribution >= 4 is 11.5 Å². The summed E-state index contributed by atoms with van der Waals surface area (Å²) < 4.78 is 5.12. The van der Waals surface area contributed by atoms with E-state index in [1.54, 1.807) is 7.11 Å². The molecule has 0 saturated carbocycles. The number of oxime groups is 1. The minimum Gasteiger partial charge on any atom is -0.409 e. The van der Waals surface area contributed by atoms with Crippen molar-refractivity contribution in [2.45, 2.75) is 13.0 Å². The summed E-state index contributed by atoms with van der Waals surface area (Å²) in [6.07, 6.45) is 1.00. The first-order valence-corrected chi connectivity index (χ1v) is 5.56. The van der Waals surface area contributed by atoms with E-state index in [4.69, 9.17) is 15.7 Å². The second-order valence-electron chi connectivity index (χ2n) is 4.16. The number of nitrogens with zero attached hydrogens (tertiary/aromatic N) is 2. The predicted octanol–water partition coefficient (Wildman–Crippen LogP) is 0.942. The third kappa shape index (κ3) is 2.50. The van der Waals surface area contributed by atoms with Crippen LogP contribution >= 0.6 is 0 Å². The SMILES string of the molecule is COCc1ccc2c(c1)N(C/C(N)=N/O)CC2. The Kier molecular flexibility index (Phi) is 3.49. The van der Waals surface area contributed by atoms with Gasteiger partial charge in [0.05, 0.1) is 13.2 Å². The first-order chi connectivity index (χ1) is 8.24. The van der Waals surface area contributed by atoms with E-state index in [1.807, 2.05) is 0 Å². The summed E-state index contributed by atoms with van der Waals surface area (Å²) >= 11 is 0. The highest BCUT2D eigenvalue weighted by Crippen LogP contribution is 2.28. The Morgan fingerprint density at radius 2 is 2.41 bits per heavy atom. The molecule has 0 saturated heterocycles. The first kappa shape index (κ1) is 11.7. The monoisotopic (exact) mass is 235 g/mol. The fraction of sp³-hybridized carbons (Fsp3) is 0.417. The second-order valence-corrected chi connectivity index (χ2v) is 4.16. The molecule has 0 aliphatic carbocycles. The Hall–Kier alpha value is -1.75. The highest BCUT2D eigenvalue weighted by Gasteiger charge is 2.20. The maximum atomic E-state index is 8.60. The fourth-order valence-corrected chi connectivity index (χ4v) is 2.14. The van der Waals surface area contributed by atoms with Gasteiger partial charge in [-0.15, -0.1) is 0 Å². The quantitative estimate of drug-likeness (QED) is 0.353. The molecule has 0 atom stereocenters. The molecule has 0 radical (unpaired) electrons. The lowest BCUT2D eigenvalue weighted by atomic mass is 10.1. The van der Waals surface area contributed by atoms with Gasteiger partial charge in [0.1, 0.15) is 0 Å². The topological polar surface area (TPSA) is 71.1 Å². The molecule has 0 amide bonds. The van der Waals surface area contributed by atoms with Crippen LogP contribution in [0.15, 0.2) is 23.4 Å². The zero-order valence-corrected chi connectivity index (χ0v) is 9.89. The smallest absolute Gasteiger partial charge is 0.158 e. The molecular formula is C12H17N3O2. The number of anilines is 1. The third-order valence-electron chi connectivity index (χ3n) is 2.93. The second kappa shape index (κ2) is 5.05. The van der Waals surface area contributed by atoms with E-state index in [9.17, 15) is 0 Å². The molecule has 5 heteroatoms. The Morgan fingerprint density at radius 3 is 3.12 bits per heavy atom. The average Bonchev–Trinajstić information content (AvgIpc) is 2.72. The standard InChI is InChI=1S/C12H17N3O2/c1-17-8-9-2-3-10-4-5-15(11(10)6-9)7-12(13)14-16/h2-3,6,16H,4-5,7-8H2,1H3,(H2,13,14). The van der Waals surface area contributed by atoms with Crippen LogP contribution in [-0.2, 0) is 17.8 Å². The molecule has 1 aromatic carbocycles. The van der Waals surface area contributed by atoms with Gasteiger partial charge < -0.3 is 20.6 Å². The fourth-order valence-electron chi connectivity index (χ4n) is 2.14. The van der Waals surface area contributed by atoms with Crippen LogP contribution in [0.1, 0.15) is 11.1 Å². The normalized spacial score (nSPS) is 15.1. The summed E-state index contributed by atoms with van der Waals surface area (Å²) in [6.45, 7) is 1.96. The molecule has 1 aliphatic rings. The van der Waals surface area contributed by atoms with Crippen LogP contribution in [0.5, 0.6) is 0 Å². The van der Waals surface area contributed by atoms with Crippen LogP contribution in [0.3, 0.4) is 0 Å². The van der Waals surface area contributed by atoms with Gasteiger partial charge in [-0.3, -0.25) is 0 Å². The van der Waals surface area contributed by atoms with Gasteiger partial charge in [0.15, 0.2) is 5.84 Å². The summed E-state index contributed by atoms with van der Waals surface area (Å²) in [5.41, 5.74) is 9.14. The van der Waals surface area contributed by atoms with Crippen molar-refractivity contribution in [1.82, 2.24) is 0 Å². The summed E-state index contributed by atoms with van der Waals surface area (Å²) in [4.78, 5) is 2.11. The highest BCUT2D eigenvalue weighted by atomic mass is 16.5. The van der Waals surface area contributed by atoms with E-state index in [2.05, 4.69) is 28.3 Å². The van der Waals surface area contributed by atoms with Crippen molar-refractivity contribution in [3.05, 3.63) is 29.3 Å². The van der Waals surface area contributed by atoms with Crippen molar-refractivity contribution in [1.29, 1.82) is 0 Å². The van der Waals surface area contributed by atoms with Crippen LogP contribution in [-0.4, -0.2) is 31.2 Å². The molecule has 0 fully saturated rings. The minimum atomic E-state index is 0.231. The van der Waals surface area contributed by atoms with Crippen molar-refractivity contribution < 1.29 is 9.94 Å². The highest BCUT2D eigenvalue weighted by molar-refractivity contribution is 5.85. The first-order valence-electron chi connectivity index (χ1n) is 5.56. The van der Waals surface area contributed by atoms with E-state index in [0.717, 1.165) is 24.2 Å². The van der Waals surface area contributed by atoms with Gasteiger partial charge in [-0.05, 0) is 23.6 Å². The van der Waals surface area contributed by atoms with E-state index in [-0.39, 0.29) is 5.84 Å². The van der Waals surface area contributed by atoms with Crippen LogP contribution < -0.4 is 10.6 Å². The molecule has 2 rings (SSSR count). The van der Waals surface area contributed by atoms with Gasteiger partial charge in [0.2, 0.25) is 0 Å². The Morgan fingerprint density at radius 1 is 1.59 bits per heavy atom. The predicted molar refractivity (Wildman–Crippen MR) is 66.5 cm³/mol. The summed E-state index contributed by atoms with van der Waals surface area (Å²) in [7, 11) is 1.68. The molecule has 0 aromatic heterocycles. The molecule has 3 N–H and O–H groups in total. The van der Waals surface area contributed by atoms with Gasteiger partial charge in [-0.1, -0.05) is 17.3 Å². The Bertz CT molecular complexity index is 432. The van der Waals surface area contributed by atoms with E-state index in [1.165, 1.54) is 5.56 Å². The van der Waals surface area contributed by atoms with Gasteiger partial charge in [0.25, 0.3) is 0 Å². The van der Waals surface area contributed by atoms with E-state index >= 15 is 0 Å². The van der Waals surface area contributed by atoms with Crippen molar-refractivity contribution in [2.24, 2.45) is 10.9 Å². The lowest BCUT2D eigenvalue weighted by molar-refractivity contribution is 0.185. The number of fused-ring (bicyclic) bond motifs is 1. The molecule has 92 valence electrons. The number of methoxy groups -OCH3 is 1. The average molecular weight is 235 g/mol. The Labute approximate surface area is 100 Å². The summed E-state index contributed by atoms with van der Waals surface area (Å²) in [6, 6.07) is 6.31. The van der Waals surface area contributed by atoms with Gasteiger partial charge in [-0.25, -0.2) is 0 Å². The van der Waals surface area contributed by atoms with Crippen LogP contribution in [0, 0.1) is 0 Å². The number of nitrogens with two attached hydrogens (primary N) is 1. The molecule has 17 heavy (non-hydrogen) atoms. The van der Waals surface area contributed by atoms with Crippen molar-refractivity contribution in [3.8, 4) is 0 Å². The number of hydrogen-bond donors (Lipinski definition) is 2. The molecule has 0 unspecified atom stereocenters. The molecule has 1 aliphatic heterocycles. The van der Waals surface area contributed by atoms with Gasteiger partial charge in [-0.2, -0.15) is 0 Å². The molecule has 1 aromatic rings. The number of rotatable bonds is 4. The lowest BCUT2D eigenvalue weighted by Crippen LogP contribution is -2.32. The maximum Gasteiger partial charge on any atom is 0.158 e. The van der Waals surface area contributed by atoms with E-state index in [0.29, 0.717) is 13.2 Å². The summed E-state index contributed by atoms with van der Waals surface area (Å²) in [5, 5.41) is 11.6. The van der Waals surface area contributed by atoms with Crippen molar-refractivity contribution in [2.75, 3.05) is 25.1 Å². The van der Waals surface area contributed by atoms with Crippen LogP contribution in [0.25, 0.3) is 0 Å². The largest absolute Gasteiger partial charge is 0.409 e. The Balaban J connectivity index is 2.20.